The van der Waals surface area contributed by atoms with Crippen LogP contribution in [0.3, 0.4) is 0 Å². The van der Waals surface area contributed by atoms with Gasteiger partial charge in [-0.05, 0) is 83.7 Å². The lowest BCUT2D eigenvalue weighted by molar-refractivity contribution is -0.139. The maximum absolute atomic E-state index is 13.8. The van der Waals surface area contributed by atoms with E-state index < -0.39 is 12.0 Å². The van der Waals surface area contributed by atoms with Crippen molar-refractivity contribution in [1.29, 1.82) is 0 Å². The average molecular weight is 638 g/mol. The van der Waals surface area contributed by atoms with Crippen molar-refractivity contribution >= 4 is 50.9 Å². The van der Waals surface area contributed by atoms with E-state index >= 15 is 0 Å². The standard InChI is InChI=1S/C31H26BrClN2O4S/c1-4-38-30(37)27-19(3)34-31-35(28(27)22-10-5-18(2)6-11-22)29(36)26(40-31)16-21-9-14-25(24(32)15-21)39-17-20-7-12-23(33)13-8-20/h5-16,28H,4,17H2,1-3H3/b26-16+/t28-/m1/s1. The number of carbonyl (C=O) groups excluding carboxylic acids is 1. The van der Waals surface area contributed by atoms with E-state index in [1.165, 1.54) is 11.3 Å². The van der Waals surface area contributed by atoms with Gasteiger partial charge >= 0.3 is 5.97 Å². The number of carbonyl (C=O) groups is 1. The first kappa shape index (κ1) is 28.1. The number of esters is 1. The quantitative estimate of drug-likeness (QED) is 0.230. The molecular formula is C31H26BrClN2O4S. The number of hydrogen-bond donors (Lipinski definition) is 0. The molecule has 1 atom stereocenters. The first-order chi connectivity index (χ1) is 19.2. The number of aromatic nitrogens is 1. The first-order valence-corrected chi connectivity index (χ1v) is 14.7. The van der Waals surface area contributed by atoms with Crippen molar-refractivity contribution in [3.05, 3.63) is 129 Å². The summed E-state index contributed by atoms with van der Waals surface area (Å²) in [5.74, 6) is 0.212. The number of nitrogens with zero attached hydrogens (tertiary/aromatic N) is 2. The Morgan fingerprint density at radius 1 is 1.10 bits per heavy atom. The van der Waals surface area contributed by atoms with Crippen molar-refractivity contribution < 1.29 is 14.3 Å². The second-order valence-corrected chi connectivity index (χ2v) is 11.6. The van der Waals surface area contributed by atoms with Crippen molar-refractivity contribution in [3.8, 4) is 5.75 Å². The zero-order valence-corrected chi connectivity index (χ0v) is 25.3. The summed E-state index contributed by atoms with van der Waals surface area (Å²) in [6.07, 6.45) is 1.83. The molecule has 4 aromatic rings. The molecule has 0 saturated heterocycles. The summed E-state index contributed by atoms with van der Waals surface area (Å²) in [7, 11) is 0. The van der Waals surface area contributed by atoms with E-state index in [0.29, 0.717) is 38.0 Å². The summed E-state index contributed by atoms with van der Waals surface area (Å²) in [6.45, 7) is 6.17. The molecule has 0 fully saturated rings. The Kier molecular flexibility index (Phi) is 8.40. The van der Waals surface area contributed by atoms with Crippen LogP contribution in [0.15, 0.2) is 92.3 Å². The van der Waals surface area contributed by atoms with Crippen molar-refractivity contribution in [3.63, 3.8) is 0 Å². The highest BCUT2D eigenvalue weighted by Gasteiger charge is 2.33. The van der Waals surface area contributed by atoms with Gasteiger partial charge in [-0.1, -0.05) is 71.0 Å². The van der Waals surface area contributed by atoms with Crippen LogP contribution in [0.5, 0.6) is 5.75 Å². The predicted octanol–water partition coefficient (Wildman–Crippen LogP) is 6.10. The van der Waals surface area contributed by atoms with Crippen LogP contribution in [0.4, 0.5) is 0 Å². The van der Waals surface area contributed by atoms with Crippen LogP contribution in [0, 0.1) is 6.92 Å². The van der Waals surface area contributed by atoms with Crippen LogP contribution in [-0.4, -0.2) is 17.1 Å². The summed E-state index contributed by atoms with van der Waals surface area (Å²) in [4.78, 5) is 32.0. The second kappa shape index (κ2) is 12.0. The highest BCUT2D eigenvalue weighted by Crippen LogP contribution is 2.31. The average Bonchev–Trinajstić information content (AvgIpc) is 3.23. The van der Waals surface area contributed by atoms with Crippen molar-refractivity contribution in [2.75, 3.05) is 6.61 Å². The van der Waals surface area contributed by atoms with Gasteiger partial charge in [0.15, 0.2) is 4.80 Å². The number of benzene rings is 3. The SMILES string of the molecule is CCOC(=O)C1=C(C)N=c2s/c(=C/c3ccc(OCc4ccc(Cl)cc4)c(Br)c3)c(=O)n2[C@@H]1c1ccc(C)cc1. The molecule has 0 radical (unpaired) electrons. The maximum atomic E-state index is 13.8. The number of hydrogen-bond acceptors (Lipinski definition) is 6. The number of ether oxygens (including phenoxy) is 2. The Balaban J connectivity index is 1.51. The molecule has 2 heterocycles. The van der Waals surface area contributed by atoms with Crippen molar-refractivity contribution in [2.24, 2.45) is 4.99 Å². The summed E-state index contributed by atoms with van der Waals surface area (Å²) in [5.41, 5.74) is 4.42. The molecule has 1 aliphatic heterocycles. The summed E-state index contributed by atoms with van der Waals surface area (Å²) in [5, 5.41) is 0.678. The van der Waals surface area contributed by atoms with Gasteiger partial charge < -0.3 is 9.47 Å². The fourth-order valence-corrected chi connectivity index (χ4v) is 6.16. The molecule has 204 valence electrons. The third-order valence-corrected chi connectivity index (χ3v) is 8.33. The maximum Gasteiger partial charge on any atom is 0.338 e. The lowest BCUT2D eigenvalue weighted by atomic mass is 9.95. The zero-order chi connectivity index (χ0) is 28.4. The number of rotatable bonds is 7. The molecule has 5 rings (SSSR count). The molecule has 6 nitrogen and oxygen atoms in total. The van der Waals surface area contributed by atoms with Crippen LogP contribution in [0.1, 0.15) is 42.1 Å². The third-order valence-electron chi connectivity index (χ3n) is 6.47. The monoisotopic (exact) mass is 636 g/mol. The van der Waals surface area contributed by atoms with Crippen molar-refractivity contribution in [2.45, 2.75) is 33.4 Å². The lowest BCUT2D eigenvalue weighted by Crippen LogP contribution is -2.39. The second-order valence-electron chi connectivity index (χ2n) is 9.32. The number of aryl methyl sites for hydroxylation is 1. The van der Waals surface area contributed by atoms with Gasteiger partial charge in [-0.25, -0.2) is 9.79 Å². The van der Waals surface area contributed by atoms with E-state index in [0.717, 1.165) is 26.7 Å². The van der Waals surface area contributed by atoms with Gasteiger partial charge in [0.25, 0.3) is 5.56 Å². The Morgan fingerprint density at radius 2 is 1.82 bits per heavy atom. The third kappa shape index (κ3) is 5.84. The minimum atomic E-state index is -0.631. The molecule has 1 aliphatic rings. The van der Waals surface area contributed by atoms with Gasteiger partial charge in [0, 0.05) is 5.02 Å². The zero-order valence-electron chi connectivity index (χ0n) is 22.1. The summed E-state index contributed by atoms with van der Waals surface area (Å²) >= 11 is 10.8. The minimum Gasteiger partial charge on any atom is -0.488 e. The highest BCUT2D eigenvalue weighted by atomic mass is 79.9. The molecule has 0 N–H and O–H groups in total. The summed E-state index contributed by atoms with van der Waals surface area (Å²) < 4.78 is 14.2. The van der Waals surface area contributed by atoms with Gasteiger partial charge in [-0.15, -0.1) is 0 Å². The highest BCUT2D eigenvalue weighted by molar-refractivity contribution is 9.10. The van der Waals surface area contributed by atoms with Crippen LogP contribution < -0.4 is 19.6 Å². The Bertz CT molecular complexity index is 1790. The fourth-order valence-electron chi connectivity index (χ4n) is 4.47. The fraction of sp³-hybridized carbons (Fsp3) is 0.194. The van der Waals surface area contributed by atoms with Gasteiger partial charge in [-0.2, -0.15) is 0 Å². The van der Waals surface area contributed by atoms with Gasteiger partial charge in [0.1, 0.15) is 12.4 Å². The lowest BCUT2D eigenvalue weighted by Gasteiger charge is -2.24. The van der Waals surface area contributed by atoms with Gasteiger partial charge in [-0.3, -0.25) is 9.36 Å². The van der Waals surface area contributed by atoms with Crippen LogP contribution in [-0.2, 0) is 16.1 Å². The number of halogens is 2. The molecule has 0 amide bonds. The molecule has 0 unspecified atom stereocenters. The molecule has 9 heteroatoms. The number of allylic oxidation sites excluding steroid dienone is 1. The molecule has 3 aromatic carbocycles. The topological polar surface area (TPSA) is 69.9 Å². The summed E-state index contributed by atoms with van der Waals surface area (Å²) in [6, 6.07) is 20.3. The number of thiazole rings is 1. The van der Waals surface area contributed by atoms with E-state index in [1.54, 1.807) is 18.4 Å². The van der Waals surface area contributed by atoms with E-state index in [2.05, 4.69) is 20.9 Å². The molecule has 0 spiro atoms. The molecule has 40 heavy (non-hydrogen) atoms. The largest absolute Gasteiger partial charge is 0.488 e. The molecule has 1 aromatic heterocycles. The van der Waals surface area contributed by atoms with E-state index in [9.17, 15) is 9.59 Å². The van der Waals surface area contributed by atoms with Gasteiger partial charge in [0.05, 0.1) is 32.9 Å². The first-order valence-electron chi connectivity index (χ1n) is 12.7. The Morgan fingerprint density at radius 3 is 2.50 bits per heavy atom. The van der Waals surface area contributed by atoms with E-state index in [1.807, 2.05) is 79.7 Å². The minimum absolute atomic E-state index is 0.220. The number of fused-ring (bicyclic) bond motifs is 1. The van der Waals surface area contributed by atoms with E-state index in [-0.39, 0.29) is 12.2 Å². The molecular weight excluding hydrogens is 612 g/mol. The van der Waals surface area contributed by atoms with Crippen molar-refractivity contribution in [1.82, 2.24) is 4.57 Å². The normalized spacial score (nSPS) is 15.0. The Labute approximate surface area is 249 Å². The smallest absolute Gasteiger partial charge is 0.338 e. The van der Waals surface area contributed by atoms with Gasteiger partial charge in [0.2, 0.25) is 0 Å². The van der Waals surface area contributed by atoms with Crippen LogP contribution in [0.2, 0.25) is 5.02 Å². The van der Waals surface area contributed by atoms with E-state index in [4.69, 9.17) is 21.1 Å². The van der Waals surface area contributed by atoms with Crippen LogP contribution in [0.25, 0.3) is 6.08 Å². The molecule has 0 bridgehead atoms. The predicted molar refractivity (Wildman–Crippen MR) is 162 cm³/mol. The van der Waals surface area contributed by atoms with Crippen LogP contribution >= 0.6 is 38.9 Å². The molecule has 0 saturated carbocycles. The molecule has 0 aliphatic carbocycles. The Hall–Kier alpha value is -3.46.